The number of piperidine rings is 1. The number of ether oxygens (including phenoxy) is 1. The number of aromatic nitrogens is 2. The van der Waals surface area contributed by atoms with Crippen molar-refractivity contribution in [3.63, 3.8) is 0 Å². The van der Waals surface area contributed by atoms with Gasteiger partial charge in [-0.15, -0.1) is 0 Å². The first kappa shape index (κ1) is 19.2. The third-order valence-corrected chi connectivity index (χ3v) is 6.87. The topological polar surface area (TPSA) is 76.8 Å². The second-order valence-corrected chi connectivity index (χ2v) is 8.58. The minimum atomic E-state index is -0.380. The Hall–Kier alpha value is -2.09. The van der Waals surface area contributed by atoms with Crippen molar-refractivity contribution in [2.24, 2.45) is 14.1 Å². The highest BCUT2D eigenvalue weighted by Crippen LogP contribution is 2.39. The Labute approximate surface area is 164 Å². The summed E-state index contributed by atoms with van der Waals surface area (Å²) in [6.45, 7) is 5.25. The quantitative estimate of drug-likeness (QED) is 0.687. The zero-order chi connectivity index (χ0) is 20.1. The van der Waals surface area contributed by atoms with E-state index in [1.165, 1.54) is 16.2 Å². The predicted molar refractivity (Wildman–Crippen MR) is 105 cm³/mol. The maximum Gasteiger partial charge on any atom is 0.333 e. The molecule has 1 aromatic rings. The molecular formula is C20H30N4O4. The highest BCUT2D eigenvalue weighted by Gasteiger charge is 2.44. The van der Waals surface area contributed by atoms with Crippen LogP contribution in [0, 0.1) is 0 Å². The maximum absolute atomic E-state index is 12.6. The van der Waals surface area contributed by atoms with E-state index in [0.29, 0.717) is 23.9 Å². The second-order valence-electron chi connectivity index (χ2n) is 8.58. The van der Waals surface area contributed by atoms with Gasteiger partial charge in [0.05, 0.1) is 5.56 Å². The third-order valence-electron chi connectivity index (χ3n) is 6.87. The van der Waals surface area contributed by atoms with E-state index in [0.717, 1.165) is 58.3 Å². The van der Waals surface area contributed by atoms with Crippen LogP contribution >= 0.6 is 0 Å². The molecular weight excluding hydrogens is 360 g/mol. The average Bonchev–Trinajstić information content (AvgIpc) is 2.94. The fraction of sp³-hybridized carbons (Fsp3) is 0.750. The van der Waals surface area contributed by atoms with E-state index >= 15 is 0 Å². The van der Waals surface area contributed by atoms with Gasteiger partial charge in [0.2, 0.25) is 11.8 Å². The number of carbonyl (C=O) groups excluding carboxylic acids is 1. The summed E-state index contributed by atoms with van der Waals surface area (Å²) in [7, 11) is 3.20. The van der Waals surface area contributed by atoms with Crippen LogP contribution in [-0.2, 0) is 25.3 Å². The number of likely N-dealkylation sites (tertiary alicyclic amines) is 2. The molecule has 1 unspecified atom stereocenters. The van der Waals surface area contributed by atoms with Crippen molar-refractivity contribution in [3.05, 3.63) is 26.4 Å². The van der Waals surface area contributed by atoms with Crippen LogP contribution in [0.15, 0.2) is 9.59 Å². The fourth-order valence-electron chi connectivity index (χ4n) is 5.12. The molecule has 28 heavy (non-hydrogen) atoms. The van der Waals surface area contributed by atoms with Crippen LogP contribution in [0.25, 0.3) is 0 Å². The summed E-state index contributed by atoms with van der Waals surface area (Å²) in [4.78, 5) is 40.8. The van der Waals surface area contributed by atoms with E-state index < -0.39 is 0 Å². The number of carbonyl (C=O) groups is 1. The third kappa shape index (κ3) is 3.17. The molecule has 1 atom stereocenters. The average molecular weight is 390 g/mol. The van der Waals surface area contributed by atoms with Crippen molar-refractivity contribution in [2.75, 3.05) is 26.2 Å². The van der Waals surface area contributed by atoms with Crippen molar-refractivity contribution in [1.82, 2.24) is 18.9 Å². The first-order valence-corrected chi connectivity index (χ1v) is 10.3. The van der Waals surface area contributed by atoms with Crippen molar-refractivity contribution in [1.29, 1.82) is 0 Å². The van der Waals surface area contributed by atoms with E-state index in [1.54, 1.807) is 14.0 Å². The molecule has 2 fully saturated rings. The van der Waals surface area contributed by atoms with Crippen LogP contribution < -0.4 is 16.0 Å². The van der Waals surface area contributed by atoms with E-state index in [-0.39, 0.29) is 22.8 Å². The van der Waals surface area contributed by atoms with E-state index in [9.17, 15) is 14.4 Å². The summed E-state index contributed by atoms with van der Waals surface area (Å²) in [5.74, 6) is 0.619. The number of amides is 1. The van der Waals surface area contributed by atoms with Gasteiger partial charge in [0.25, 0.3) is 5.56 Å². The minimum Gasteiger partial charge on any atom is -0.471 e. The van der Waals surface area contributed by atoms with Gasteiger partial charge in [-0.25, -0.2) is 4.79 Å². The van der Waals surface area contributed by atoms with E-state index in [1.807, 2.05) is 4.90 Å². The molecule has 0 radical (unpaired) electrons. The lowest BCUT2D eigenvalue weighted by molar-refractivity contribution is -0.130. The Balaban J connectivity index is 1.47. The van der Waals surface area contributed by atoms with Crippen molar-refractivity contribution < 1.29 is 9.53 Å². The molecule has 0 aliphatic carbocycles. The Morgan fingerprint density at radius 2 is 1.75 bits per heavy atom. The van der Waals surface area contributed by atoms with Gasteiger partial charge >= 0.3 is 5.69 Å². The molecule has 154 valence electrons. The molecule has 3 aliphatic heterocycles. The van der Waals surface area contributed by atoms with E-state index in [2.05, 4.69) is 4.90 Å². The van der Waals surface area contributed by atoms with Gasteiger partial charge in [-0.3, -0.25) is 18.7 Å². The standard InChI is InChI=1S/C20H30N4O4/c1-14(25)23-10-5-15(6-11-23)24-9-4-7-20(8-12-24)13-16-17(26)21(2)19(27)22(3)18(16)28-20/h15H,4-13H2,1-3H3. The summed E-state index contributed by atoms with van der Waals surface area (Å²) >= 11 is 0. The van der Waals surface area contributed by atoms with E-state index in [4.69, 9.17) is 4.74 Å². The van der Waals surface area contributed by atoms with Crippen molar-refractivity contribution in [2.45, 2.75) is 57.1 Å². The number of nitrogens with zero attached hydrogens (tertiary/aromatic N) is 4. The molecule has 4 heterocycles. The van der Waals surface area contributed by atoms with Gasteiger partial charge in [-0.2, -0.15) is 0 Å². The highest BCUT2D eigenvalue weighted by atomic mass is 16.5. The molecule has 8 nitrogen and oxygen atoms in total. The summed E-state index contributed by atoms with van der Waals surface area (Å²) in [5.41, 5.74) is -0.316. The van der Waals surface area contributed by atoms with Gasteiger partial charge in [0.1, 0.15) is 5.60 Å². The Morgan fingerprint density at radius 1 is 1.04 bits per heavy atom. The SMILES string of the molecule is CC(=O)N1CCC(N2CCCC3(CC2)Cc2c(n(C)c(=O)n(C)c2=O)O3)CC1. The molecule has 0 bridgehead atoms. The van der Waals surface area contributed by atoms with Gasteiger partial charge in [-0.05, 0) is 32.2 Å². The normalized spacial score (nSPS) is 26.2. The van der Waals surface area contributed by atoms with Gasteiger partial charge < -0.3 is 14.5 Å². The number of hydrogen-bond donors (Lipinski definition) is 0. The maximum atomic E-state index is 12.6. The van der Waals surface area contributed by atoms with Gasteiger partial charge in [0.15, 0.2) is 0 Å². The Bertz CT molecular complexity index is 897. The number of fused-ring (bicyclic) bond motifs is 1. The summed E-state index contributed by atoms with van der Waals surface area (Å²) < 4.78 is 8.95. The zero-order valence-electron chi connectivity index (χ0n) is 17.1. The fourth-order valence-corrected chi connectivity index (χ4v) is 5.12. The molecule has 0 saturated carbocycles. The van der Waals surface area contributed by atoms with Crippen LogP contribution in [0.1, 0.15) is 44.6 Å². The first-order valence-electron chi connectivity index (χ1n) is 10.3. The summed E-state index contributed by atoms with van der Waals surface area (Å²) in [6.07, 6.45) is 5.37. The van der Waals surface area contributed by atoms with Crippen molar-refractivity contribution in [3.8, 4) is 5.88 Å². The summed E-state index contributed by atoms with van der Waals surface area (Å²) in [5, 5.41) is 0. The first-order chi connectivity index (χ1) is 13.3. The lowest BCUT2D eigenvalue weighted by atomic mass is 9.90. The molecule has 1 spiro atoms. The van der Waals surface area contributed by atoms with Crippen LogP contribution in [0.4, 0.5) is 0 Å². The Morgan fingerprint density at radius 3 is 2.43 bits per heavy atom. The molecule has 1 aromatic heterocycles. The summed E-state index contributed by atoms with van der Waals surface area (Å²) in [6, 6.07) is 0.506. The lowest BCUT2D eigenvalue weighted by Crippen LogP contribution is -2.47. The lowest BCUT2D eigenvalue weighted by Gasteiger charge is -2.38. The monoisotopic (exact) mass is 390 g/mol. The molecule has 4 rings (SSSR count). The van der Waals surface area contributed by atoms with Crippen molar-refractivity contribution >= 4 is 5.91 Å². The minimum absolute atomic E-state index is 0.164. The van der Waals surface area contributed by atoms with Gasteiger partial charge in [-0.1, -0.05) is 0 Å². The van der Waals surface area contributed by atoms with Crippen LogP contribution in [-0.4, -0.2) is 62.7 Å². The largest absolute Gasteiger partial charge is 0.471 e. The molecule has 3 aliphatic rings. The number of hydrogen-bond acceptors (Lipinski definition) is 5. The molecule has 8 heteroatoms. The van der Waals surface area contributed by atoms with Crippen LogP contribution in [0.2, 0.25) is 0 Å². The highest BCUT2D eigenvalue weighted by molar-refractivity contribution is 5.73. The molecule has 1 amide bonds. The van der Waals surface area contributed by atoms with Crippen LogP contribution in [0.3, 0.4) is 0 Å². The second kappa shape index (κ2) is 7.06. The number of rotatable bonds is 1. The molecule has 2 saturated heterocycles. The van der Waals surface area contributed by atoms with Gasteiger partial charge in [0, 0.05) is 59.5 Å². The zero-order valence-corrected chi connectivity index (χ0v) is 17.1. The smallest absolute Gasteiger partial charge is 0.333 e. The Kier molecular flexibility index (Phi) is 4.85. The predicted octanol–water partition coefficient (Wildman–Crippen LogP) is 0.255. The molecule has 0 N–H and O–H groups in total. The molecule has 0 aromatic carbocycles. The van der Waals surface area contributed by atoms with Crippen LogP contribution in [0.5, 0.6) is 5.88 Å².